The van der Waals surface area contributed by atoms with E-state index in [9.17, 15) is 4.79 Å². The molecule has 0 bridgehead atoms. The monoisotopic (exact) mass is 202 g/mol. The van der Waals surface area contributed by atoms with Crippen molar-refractivity contribution in [2.24, 2.45) is 11.7 Å². The number of hydrogen-bond donors (Lipinski definition) is 2. The normalized spacial score (nSPS) is 13.5. The minimum atomic E-state index is -0.187. The molecule has 3 nitrogen and oxygen atoms in total. The zero-order valence-electron chi connectivity index (χ0n) is 8.68. The maximum atomic E-state index is 11.3. The molecule has 0 fully saturated rings. The highest BCUT2D eigenvalue weighted by atomic mass is 32.1. The quantitative estimate of drug-likeness (QED) is 0.676. The van der Waals surface area contributed by atoms with E-state index in [-0.39, 0.29) is 17.4 Å². The zero-order chi connectivity index (χ0) is 10.6. The van der Waals surface area contributed by atoms with Crippen LogP contribution in [-0.2, 0) is 4.79 Å². The lowest BCUT2D eigenvalue weighted by atomic mass is 10.1. The SMILES string of the molecule is CC(CC(=O)NC(C)(C)C)C(N)=S. The Morgan fingerprint density at radius 2 is 2.00 bits per heavy atom. The molecule has 0 aromatic rings. The van der Waals surface area contributed by atoms with Crippen LogP contribution in [0.1, 0.15) is 34.1 Å². The van der Waals surface area contributed by atoms with Crippen LogP contribution in [0.2, 0.25) is 0 Å². The van der Waals surface area contributed by atoms with Crippen LogP contribution in [0.4, 0.5) is 0 Å². The molecular weight excluding hydrogens is 184 g/mol. The molecule has 0 aromatic carbocycles. The van der Waals surface area contributed by atoms with Gasteiger partial charge in [-0.3, -0.25) is 4.79 Å². The molecule has 0 saturated carbocycles. The molecule has 0 aliphatic heterocycles. The van der Waals surface area contributed by atoms with Crippen molar-refractivity contribution in [2.75, 3.05) is 0 Å². The van der Waals surface area contributed by atoms with Gasteiger partial charge in [0.15, 0.2) is 0 Å². The zero-order valence-corrected chi connectivity index (χ0v) is 9.49. The molecule has 0 aliphatic rings. The van der Waals surface area contributed by atoms with Gasteiger partial charge in [0.2, 0.25) is 5.91 Å². The van der Waals surface area contributed by atoms with Crippen LogP contribution >= 0.6 is 12.2 Å². The highest BCUT2D eigenvalue weighted by Crippen LogP contribution is 2.05. The predicted octanol–water partition coefficient (Wildman–Crippen LogP) is 1.21. The molecular formula is C9H18N2OS. The minimum Gasteiger partial charge on any atom is -0.393 e. The molecule has 1 atom stereocenters. The summed E-state index contributed by atoms with van der Waals surface area (Å²) in [5.41, 5.74) is 5.21. The first-order chi connectivity index (χ1) is 5.72. The van der Waals surface area contributed by atoms with Gasteiger partial charge < -0.3 is 11.1 Å². The fourth-order valence-corrected chi connectivity index (χ4v) is 0.931. The summed E-state index contributed by atoms with van der Waals surface area (Å²) in [5, 5.41) is 2.85. The molecule has 3 N–H and O–H groups in total. The number of hydrogen-bond acceptors (Lipinski definition) is 2. The smallest absolute Gasteiger partial charge is 0.221 e. The van der Waals surface area contributed by atoms with Gasteiger partial charge >= 0.3 is 0 Å². The number of thiocarbonyl (C=S) groups is 1. The number of amides is 1. The molecule has 0 radical (unpaired) electrons. The van der Waals surface area contributed by atoms with Gasteiger partial charge in [0.1, 0.15) is 0 Å². The Kier molecular flexibility index (Phi) is 4.33. The first-order valence-corrected chi connectivity index (χ1v) is 4.73. The van der Waals surface area contributed by atoms with E-state index in [1.165, 1.54) is 0 Å². The number of rotatable bonds is 3. The van der Waals surface area contributed by atoms with Crippen LogP contribution in [0.5, 0.6) is 0 Å². The van der Waals surface area contributed by atoms with Crippen molar-refractivity contribution in [1.82, 2.24) is 5.32 Å². The van der Waals surface area contributed by atoms with Crippen molar-refractivity contribution in [3.05, 3.63) is 0 Å². The first kappa shape index (κ1) is 12.4. The van der Waals surface area contributed by atoms with Crippen molar-refractivity contribution in [3.63, 3.8) is 0 Å². The van der Waals surface area contributed by atoms with Crippen molar-refractivity contribution >= 4 is 23.1 Å². The molecule has 0 heterocycles. The molecule has 76 valence electrons. The maximum Gasteiger partial charge on any atom is 0.221 e. The van der Waals surface area contributed by atoms with Crippen LogP contribution < -0.4 is 11.1 Å². The summed E-state index contributed by atoms with van der Waals surface area (Å²) in [6, 6.07) is 0. The van der Waals surface area contributed by atoms with Gasteiger partial charge in [-0.05, 0) is 20.8 Å². The largest absolute Gasteiger partial charge is 0.393 e. The van der Waals surface area contributed by atoms with E-state index in [2.05, 4.69) is 5.32 Å². The lowest BCUT2D eigenvalue weighted by Crippen LogP contribution is -2.41. The highest BCUT2D eigenvalue weighted by Gasteiger charge is 2.16. The summed E-state index contributed by atoms with van der Waals surface area (Å²) in [6.07, 6.45) is 0.368. The Balaban J connectivity index is 3.96. The molecule has 1 unspecified atom stereocenters. The van der Waals surface area contributed by atoms with Gasteiger partial charge in [-0.1, -0.05) is 19.1 Å². The second-order valence-electron chi connectivity index (χ2n) is 4.31. The van der Waals surface area contributed by atoms with Crippen LogP contribution in [-0.4, -0.2) is 16.4 Å². The number of nitrogens with two attached hydrogens (primary N) is 1. The predicted molar refractivity (Wildman–Crippen MR) is 58.5 cm³/mol. The summed E-state index contributed by atoms with van der Waals surface area (Å²) in [4.78, 5) is 11.7. The molecule has 0 aliphatic carbocycles. The van der Waals surface area contributed by atoms with Crippen LogP contribution in [0.25, 0.3) is 0 Å². The van der Waals surface area contributed by atoms with Crippen LogP contribution in [0.15, 0.2) is 0 Å². The Morgan fingerprint density at radius 1 is 1.54 bits per heavy atom. The van der Waals surface area contributed by atoms with E-state index in [0.717, 1.165) is 0 Å². The molecule has 0 spiro atoms. The molecule has 13 heavy (non-hydrogen) atoms. The molecule has 0 saturated heterocycles. The molecule has 0 rings (SSSR count). The highest BCUT2D eigenvalue weighted by molar-refractivity contribution is 7.80. The Labute approximate surface area is 85.1 Å². The third kappa shape index (κ3) is 6.51. The van der Waals surface area contributed by atoms with Gasteiger partial charge in [0, 0.05) is 17.9 Å². The van der Waals surface area contributed by atoms with Crippen molar-refractivity contribution < 1.29 is 4.79 Å². The van der Waals surface area contributed by atoms with Crippen LogP contribution in [0.3, 0.4) is 0 Å². The summed E-state index contributed by atoms with van der Waals surface area (Å²) in [7, 11) is 0. The number of carbonyl (C=O) groups is 1. The fourth-order valence-electron chi connectivity index (χ4n) is 0.848. The lowest BCUT2D eigenvalue weighted by Gasteiger charge is -2.21. The number of carbonyl (C=O) groups excluding carboxylic acids is 1. The van der Waals surface area contributed by atoms with E-state index in [4.69, 9.17) is 18.0 Å². The number of nitrogens with one attached hydrogen (secondary N) is 1. The minimum absolute atomic E-state index is 0.00667. The van der Waals surface area contributed by atoms with Crippen LogP contribution in [0, 0.1) is 5.92 Å². The van der Waals surface area contributed by atoms with E-state index in [1.807, 2.05) is 27.7 Å². The van der Waals surface area contributed by atoms with Gasteiger partial charge in [-0.15, -0.1) is 0 Å². The van der Waals surface area contributed by atoms with Crippen molar-refractivity contribution in [2.45, 2.75) is 39.7 Å². The van der Waals surface area contributed by atoms with Crippen molar-refractivity contribution in [3.8, 4) is 0 Å². The van der Waals surface area contributed by atoms with E-state index in [1.54, 1.807) is 0 Å². The summed E-state index contributed by atoms with van der Waals surface area (Å²) in [6.45, 7) is 7.67. The van der Waals surface area contributed by atoms with Crippen molar-refractivity contribution in [1.29, 1.82) is 0 Å². The van der Waals surface area contributed by atoms with Gasteiger partial charge in [-0.2, -0.15) is 0 Å². The summed E-state index contributed by atoms with van der Waals surface area (Å²) < 4.78 is 0. The molecule has 4 heteroatoms. The third-order valence-corrected chi connectivity index (χ3v) is 1.89. The first-order valence-electron chi connectivity index (χ1n) is 4.32. The molecule has 0 aromatic heterocycles. The van der Waals surface area contributed by atoms with E-state index < -0.39 is 0 Å². The maximum absolute atomic E-state index is 11.3. The second kappa shape index (κ2) is 4.56. The Bertz CT molecular complexity index is 208. The molecule has 1 amide bonds. The van der Waals surface area contributed by atoms with E-state index >= 15 is 0 Å². The Hall–Kier alpha value is -0.640. The average Bonchev–Trinajstić information content (AvgIpc) is 1.81. The summed E-state index contributed by atoms with van der Waals surface area (Å²) >= 11 is 4.78. The van der Waals surface area contributed by atoms with Gasteiger partial charge in [-0.25, -0.2) is 0 Å². The topological polar surface area (TPSA) is 55.1 Å². The standard InChI is InChI=1S/C9H18N2OS/c1-6(8(10)13)5-7(12)11-9(2,3)4/h6H,5H2,1-4H3,(H2,10,13)(H,11,12). The van der Waals surface area contributed by atoms with Gasteiger partial charge in [0.25, 0.3) is 0 Å². The van der Waals surface area contributed by atoms with E-state index in [0.29, 0.717) is 11.4 Å². The second-order valence-corrected chi connectivity index (χ2v) is 4.78. The third-order valence-electron chi connectivity index (χ3n) is 1.49. The average molecular weight is 202 g/mol. The Morgan fingerprint density at radius 3 is 2.31 bits per heavy atom. The summed E-state index contributed by atoms with van der Waals surface area (Å²) in [5.74, 6) is -0.0369. The fraction of sp³-hybridized carbons (Fsp3) is 0.778. The van der Waals surface area contributed by atoms with Gasteiger partial charge in [0.05, 0.1) is 4.99 Å². The lowest BCUT2D eigenvalue weighted by molar-refractivity contribution is -0.122.